The largest absolute Gasteiger partial charge is 0.469 e. The number of benzene rings is 1. The Balaban J connectivity index is 1.99. The molecule has 1 atom stereocenters. The van der Waals surface area contributed by atoms with Crippen LogP contribution in [-0.2, 0) is 20.8 Å². The molecule has 0 N–H and O–H groups in total. The zero-order chi connectivity index (χ0) is 15.9. The van der Waals surface area contributed by atoms with Gasteiger partial charge in [-0.3, -0.25) is 9.69 Å². The second-order valence-corrected chi connectivity index (χ2v) is 6.19. The van der Waals surface area contributed by atoms with Crippen LogP contribution < -0.4 is 0 Å². The van der Waals surface area contributed by atoms with Gasteiger partial charge in [0.05, 0.1) is 19.6 Å². The topological polar surface area (TPSA) is 38.8 Å². The van der Waals surface area contributed by atoms with Gasteiger partial charge in [0.2, 0.25) is 0 Å². The summed E-state index contributed by atoms with van der Waals surface area (Å²) in [7, 11) is 1.44. The summed E-state index contributed by atoms with van der Waals surface area (Å²) in [6.45, 7) is 7.53. The second-order valence-electron chi connectivity index (χ2n) is 6.19. The number of nitrogens with zero attached hydrogens (tertiary/aromatic N) is 1. The summed E-state index contributed by atoms with van der Waals surface area (Å²) in [5.74, 6) is -0.155. The zero-order valence-electron chi connectivity index (χ0n) is 13.9. The fraction of sp³-hybridized carbons (Fsp3) is 0.611. The van der Waals surface area contributed by atoms with Gasteiger partial charge in [0.25, 0.3) is 0 Å². The molecular weight excluding hydrogens is 278 g/mol. The van der Waals surface area contributed by atoms with E-state index in [9.17, 15) is 4.79 Å². The number of aryl methyl sites for hydroxylation is 2. The van der Waals surface area contributed by atoms with Crippen LogP contribution in [0.25, 0.3) is 0 Å². The summed E-state index contributed by atoms with van der Waals surface area (Å²) in [6, 6.07) is 6.61. The monoisotopic (exact) mass is 305 g/mol. The van der Waals surface area contributed by atoms with E-state index in [2.05, 4.69) is 36.9 Å². The normalized spacial score (nSPS) is 17.9. The van der Waals surface area contributed by atoms with Gasteiger partial charge in [-0.15, -0.1) is 0 Å². The third-order valence-electron chi connectivity index (χ3n) is 4.03. The van der Waals surface area contributed by atoms with E-state index in [0.29, 0.717) is 19.1 Å². The number of hydrogen-bond acceptors (Lipinski definition) is 4. The van der Waals surface area contributed by atoms with Gasteiger partial charge in [0.1, 0.15) is 0 Å². The minimum absolute atomic E-state index is 0.155. The molecule has 0 spiro atoms. The molecule has 4 heteroatoms. The van der Waals surface area contributed by atoms with E-state index in [-0.39, 0.29) is 5.97 Å². The van der Waals surface area contributed by atoms with Crippen molar-refractivity contribution in [2.75, 3.05) is 26.8 Å². The highest BCUT2D eigenvalue weighted by molar-refractivity contribution is 5.69. The summed E-state index contributed by atoms with van der Waals surface area (Å²) < 4.78 is 10.5. The van der Waals surface area contributed by atoms with Gasteiger partial charge in [-0.25, -0.2) is 0 Å². The van der Waals surface area contributed by atoms with E-state index in [4.69, 9.17) is 9.47 Å². The molecule has 0 amide bonds. The van der Waals surface area contributed by atoms with E-state index in [1.165, 1.54) is 23.8 Å². The van der Waals surface area contributed by atoms with Crippen LogP contribution >= 0.6 is 0 Å². The zero-order valence-corrected chi connectivity index (χ0v) is 13.9. The van der Waals surface area contributed by atoms with Gasteiger partial charge in [-0.1, -0.05) is 29.3 Å². The highest BCUT2D eigenvalue weighted by atomic mass is 16.5. The van der Waals surface area contributed by atoms with Crippen molar-refractivity contribution in [3.63, 3.8) is 0 Å². The van der Waals surface area contributed by atoms with Crippen molar-refractivity contribution in [1.29, 1.82) is 0 Å². The van der Waals surface area contributed by atoms with Gasteiger partial charge >= 0.3 is 5.97 Å². The van der Waals surface area contributed by atoms with Crippen LogP contribution in [0.1, 0.15) is 36.0 Å². The molecule has 0 saturated carbocycles. The van der Waals surface area contributed by atoms with Gasteiger partial charge in [0, 0.05) is 26.2 Å². The lowest BCUT2D eigenvalue weighted by Gasteiger charge is -2.25. The minimum atomic E-state index is -0.155. The molecular formula is C18H27NO3. The van der Waals surface area contributed by atoms with Crippen LogP contribution in [0.15, 0.2) is 18.2 Å². The van der Waals surface area contributed by atoms with Crippen LogP contribution in [0.4, 0.5) is 0 Å². The van der Waals surface area contributed by atoms with E-state index in [1.807, 2.05) is 0 Å². The summed E-state index contributed by atoms with van der Waals surface area (Å²) in [6.07, 6.45) is 2.97. The van der Waals surface area contributed by atoms with Gasteiger partial charge in [-0.2, -0.15) is 0 Å². The summed E-state index contributed by atoms with van der Waals surface area (Å²) in [4.78, 5) is 13.7. The predicted octanol–water partition coefficient (Wildman–Crippen LogP) is 2.85. The Bertz CT molecular complexity index is 475. The van der Waals surface area contributed by atoms with Crippen molar-refractivity contribution in [2.45, 2.75) is 45.8 Å². The molecule has 0 aromatic heterocycles. The highest BCUT2D eigenvalue weighted by Gasteiger charge is 2.20. The first-order valence-corrected chi connectivity index (χ1v) is 8.05. The van der Waals surface area contributed by atoms with Crippen LogP contribution in [0, 0.1) is 13.8 Å². The van der Waals surface area contributed by atoms with Crippen LogP contribution in [0.5, 0.6) is 0 Å². The molecule has 2 rings (SSSR count). The number of esters is 1. The first kappa shape index (κ1) is 17.0. The molecule has 1 aromatic rings. The standard InChI is InChI=1S/C18H27NO3/c1-14-9-15(2)11-16(10-14)12-19(7-6-18(20)21-3)13-17-5-4-8-22-17/h9-11,17H,4-8,12-13H2,1-3H3. The lowest BCUT2D eigenvalue weighted by atomic mass is 10.1. The molecule has 0 radical (unpaired) electrons. The van der Waals surface area contributed by atoms with E-state index in [1.54, 1.807) is 0 Å². The van der Waals surface area contributed by atoms with Crippen molar-refractivity contribution < 1.29 is 14.3 Å². The van der Waals surface area contributed by atoms with E-state index < -0.39 is 0 Å². The molecule has 122 valence electrons. The van der Waals surface area contributed by atoms with Crippen molar-refractivity contribution >= 4 is 5.97 Å². The quantitative estimate of drug-likeness (QED) is 0.726. The first-order chi connectivity index (χ1) is 10.6. The molecule has 22 heavy (non-hydrogen) atoms. The van der Waals surface area contributed by atoms with Gasteiger partial charge < -0.3 is 9.47 Å². The number of hydrogen-bond donors (Lipinski definition) is 0. The molecule has 1 aliphatic heterocycles. The number of carbonyl (C=O) groups excluding carboxylic acids is 1. The average Bonchev–Trinajstić information content (AvgIpc) is 2.96. The van der Waals surface area contributed by atoms with Crippen molar-refractivity contribution in [1.82, 2.24) is 4.90 Å². The Labute approximate surface area is 133 Å². The fourth-order valence-electron chi connectivity index (χ4n) is 3.08. The van der Waals surface area contributed by atoms with Crippen molar-refractivity contribution in [3.05, 3.63) is 34.9 Å². The fourth-order valence-corrected chi connectivity index (χ4v) is 3.08. The molecule has 1 aromatic carbocycles. The van der Waals surface area contributed by atoms with E-state index >= 15 is 0 Å². The molecule has 1 heterocycles. The minimum Gasteiger partial charge on any atom is -0.469 e. The lowest BCUT2D eigenvalue weighted by molar-refractivity contribution is -0.141. The Kier molecular flexibility index (Phi) is 6.40. The molecule has 0 aliphatic carbocycles. The maximum absolute atomic E-state index is 11.4. The average molecular weight is 305 g/mol. The van der Waals surface area contributed by atoms with Crippen LogP contribution in [0.3, 0.4) is 0 Å². The molecule has 1 aliphatic rings. The predicted molar refractivity (Wildman–Crippen MR) is 86.8 cm³/mol. The summed E-state index contributed by atoms with van der Waals surface area (Å²) in [5, 5.41) is 0. The highest BCUT2D eigenvalue weighted by Crippen LogP contribution is 2.17. The maximum Gasteiger partial charge on any atom is 0.306 e. The Morgan fingerprint density at radius 3 is 2.64 bits per heavy atom. The maximum atomic E-state index is 11.4. The molecule has 1 unspecified atom stereocenters. The third-order valence-corrected chi connectivity index (χ3v) is 4.03. The Morgan fingerprint density at radius 1 is 1.32 bits per heavy atom. The van der Waals surface area contributed by atoms with Gasteiger partial charge in [0.15, 0.2) is 0 Å². The molecule has 4 nitrogen and oxygen atoms in total. The number of rotatable bonds is 7. The molecule has 1 saturated heterocycles. The molecule has 1 fully saturated rings. The number of ether oxygens (including phenoxy) is 2. The van der Waals surface area contributed by atoms with Gasteiger partial charge in [-0.05, 0) is 32.3 Å². The van der Waals surface area contributed by atoms with Crippen molar-refractivity contribution in [2.24, 2.45) is 0 Å². The van der Waals surface area contributed by atoms with E-state index in [0.717, 1.165) is 32.5 Å². The third kappa shape index (κ3) is 5.43. The molecule has 0 bridgehead atoms. The number of carbonyl (C=O) groups is 1. The summed E-state index contributed by atoms with van der Waals surface area (Å²) >= 11 is 0. The lowest BCUT2D eigenvalue weighted by Crippen LogP contribution is -2.33. The van der Waals surface area contributed by atoms with Crippen molar-refractivity contribution in [3.8, 4) is 0 Å². The Morgan fingerprint density at radius 2 is 2.05 bits per heavy atom. The smallest absolute Gasteiger partial charge is 0.306 e. The van der Waals surface area contributed by atoms with Crippen LogP contribution in [-0.4, -0.2) is 43.8 Å². The summed E-state index contributed by atoms with van der Waals surface area (Å²) in [5.41, 5.74) is 3.85. The first-order valence-electron chi connectivity index (χ1n) is 8.05. The number of methoxy groups -OCH3 is 1. The Hall–Kier alpha value is -1.39. The second kappa shape index (κ2) is 8.30. The van der Waals surface area contributed by atoms with Crippen LogP contribution in [0.2, 0.25) is 0 Å². The SMILES string of the molecule is COC(=O)CCN(Cc1cc(C)cc(C)c1)CC1CCCO1.